The molecule has 1 unspecified atom stereocenters. The van der Waals surface area contributed by atoms with Crippen LogP contribution in [0.2, 0.25) is 0 Å². The van der Waals surface area contributed by atoms with Crippen molar-refractivity contribution in [1.82, 2.24) is 15.5 Å². The number of aliphatic hydroxyl groups excluding tert-OH is 1. The van der Waals surface area contributed by atoms with Crippen molar-refractivity contribution in [2.45, 2.75) is 12.6 Å². The minimum atomic E-state index is -0.566. The minimum absolute atomic E-state index is 0.0816. The van der Waals surface area contributed by atoms with Crippen LogP contribution in [0.5, 0.6) is 0 Å². The van der Waals surface area contributed by atoms with E-state index in [4.69, 9.17) is 14.3 Å². The van der Waals surface area contributed by atoms with Crippen LogP contribution >= 0.6 is 0 Å². The van der Waals surface area contributed by atoms with Crippen molar-refractivity contribution in [3.05, 3.63) is 24.2 Å². The van der Waals surface area contributed by atoms with Gasteiger partial charge in [-0.3, -0.25) is 15.0 Å². The molecule has 1 aromatic rings. The molecular weight excluding hydrogens is 278 g/mol. The second-order valence-electron chi connectivity index (χ2n) is 4.72. The summed E-state index contributed by atoms with van der Waals surface area (Å²) < 4.78 is 10.3. The van der Waals surface area contributed by atoms with Gasteiger partial charge in [-0.25, -0.2) is 4.79 Å². The summed E-state index contributed by atoms with van der Waals surface area (Å²) >= 11 is 0. The number of rotatable bonds is 5. The fourth-order valence-corrected chi connectivity index (χ4v) is 2.03. The first-order valence-electron chi connectivity index (χ1n) is 6.72. The highest BCUT2D eigenvalue weighted by atomic mass is 16.5. The van der Waals surface area contributed by atoms with Gasteiger partial charge in [-0.2, -0.15) is 0 Å². The first-order chi connectivity index (χ1) is 10.2. The van der Waals surface area contributed by atoms with Gasteiger partial charge < -0.3 is 19.6 Å². The van der Waals surface area contributed by atoms with Gasteiger partial charge in [-0.05, 0) is 12.1 Å². The molecule has 1 fully saturated rings. The Morgan fingerprint density at radius 1 is 1.48 bits per heavy atom. The largest absolute Gasteiger partial charge is 0.467 e. The third-order valence-electron chi connectivity index (χ3n) is 3.05. The van der Waals surface area contributed by atoms with Gasteiger partial charge in [-0.1, -0.05) is 0 Å². The molecule has 21 heavy (non-hydrogen) atoms. The number of furan rings is 1. The molecule has 8 nitrogen and oxygen atoms in total. The number of aliphatic hydroxyl groups is 1. The van der Waals surface area contributed by atoms with Crippen molar-refractivity contribution in [2.75, 3.05) is 32.8 Å². The highest BCUT2D eigenvalue weighted by Crippen LogP contribution is 2.03. The first-order valence-corrected chi connectivity index (χ1v) is 6.72. The van der Waals surface area contributed by atoms with Crippen molar-refractivity contribution in [3.8, 4) is 0 Å². The second kappa shape index (κ2) is 7.77. The van der Waals surface area contributed by atoms with E-state index in [1.165, 1.54) is 6.26 Å². The number of hydrogen-bond donors (Lipinski definition) is 3. The molecule has 0 radical (unpaired) electrons. The minimum Gasteiger partial charge on any atom is -0.467 e. The highest BCUT2D eigenvalue weighted by molar-refractivity contribution is 5.95. The highest BCUT2D eigenvalue weighted by Gasteiger charge is 2.22. The van der Waals surface area contributed by atoms with Crippen molar-refractivity contribution in [2.24, 2.45) is 0 Å². The number of morpholine rings is 1. The Bertz CT molecular complexity index is 462. The number of nitrogens with one attached hydrogen (secondary N) is 2. The SMILES string of the molecule is O=C(CN1CCOC(CO)C1)NC(=O)NCc1ccco1. The maximum atomic E-state index is 11.7. The summed E-state index contributed by atoms with van der Waals surface area (Å²) in [6.07, 6.45) is 1.23. The van der Waals surface area contributed by atoms with E-state index < -0.39 is 11.9 Å². The number of ether oxygens (including phenoxy) is 1. The summed E-state index contributed by atoms with van der Waals surface area (Å²) in [7, 11) is 0. The number of hydrogen-bond acceptors (Lipinski definition) is 6. The molecule has 1 atom stereocenters. The lowest BCUT2D eigenvalue weighted by molar-refractivity contribution is -0.123. The molecule has 8 heteroatoms. The van der Waals surface area contributed by atoms with Gasteiger partial charge in [0.05, 0.1) is 38.7 Å². The van der Waals surface area contributed by atoms with Crippen LogP contribution in [-0.4, -0.2) is 60.9 Å². The number of carbonyl (C=O) groups excluding carboxylic acids is 2. The molecule has 0 spiro atoms. The summed E-state index contributed by atoms with van der Waals surface area (Å²) in [6, 6.07) is 2.88. The molecule has 1 aromatic heterocycles. The predicted molar refractivity (Wildman–Crippen MR) is 72.4 cm³/mol. The third kappa shape index (κ3) is 5.18. The Kier molecular flexibility index (Phi) is 5.73. The van der Waals surface area contributed by atoms with Crippen molar-refractivity contribution in [3.63, 3.8) is 0 Å². The van der Waals surface area contributed by atoms with Gasteiger partial charge >= 0.3 is 6.03 Å². The van der Waals surface area contributed by atoms with Crippen molar-refractivity contribution >= 4 is 11.9 Å². The standard InChI is InChI=1S/C13H19N3O5/c17-9-11-7-16(3-5-21-11)8-12(18)15-13(19)14-6-10-2-1-4-20-10/h1-2,4,11,17H,3,5-9H2,(H2,14,15,18,19). The van der Waals surface area contributed by atoms with Crippen LogP contribution in [-0.2, 0) is 16.1 Å². The Morgan fingerprint density at radius 3 is 3.05 bits per heavy atom. The molecule has 3 N–H and O–H groups in total. The molecule has 1 aliphatic rings. The van der Waals surface area contributed by atoms with E-state index in [-0.39, 0.29) is 25.8 Å². The average Bonchev–Trinajstić information content (AvgIpc) is 2.98. The molecule has 2 heterocycles. The lowest BCUT2D eigenvalue weighted by Crippen LogP contribution is -2.49. The molecule has 1 aliphatic heterocycles. The number of imide groups is 1. The van der Waals surface area contributed by atoms with E-state index in [0.717, 1.165) is 0 Å². The van der Waals surface area contributed by atoms with Crippen LogP contribution in [0.3, 0.4) is 0 Å². The summed E-state index contributed by atoms with van der Waals surface area (Å²) in [5.74, 6) is 0.210. The van der Waals surface area contributed by atoms with Crippen LogP contribution in [0.1, 0.15) is 5.76 Å². The number of carbonyl (C=O) groups is 2. The van der Waals surface area contributed by atoms with Crippen LogP contribution in [0.4, 0.5) is 4.79 Å². The molecule has 1 saturated heterocycles. The van der Waals surface area contributed by atoms with E-state index in [1.807, 2.05) is 4.90 Å². The molecule has 116 valence electrons. The fourth-order valence-electron chi connectivity index (χ4n) is 2.03. The van der Waals surface area contributed by atoms with E-state index in [2.05, 4.69) is 10.6 Å². The zero-order chi connectivity index (χ0) is 15.1. The number of amides is 3. The van der Waals surface area contributed by atoms with Gasteiger partial charge in [0.2, 0.25) is 5.91 Å². The maximum absolute atomic E-state index is 11.7. The normalized spacial score (nSPS) is 19.2. The summed E-state index contributed by atoms with van der Waals surface area (Å²) in [6.45, 7) is 1.76. The van der Waals surface area contributed by atoms with Gasteiger partial charge in [0.15, 0.2) is 0 Å². The van der Waals surface area contributed by atoms with Gasteiger partial charge in [0.1, 0.15) is 5.76 Å². The maximum Gasteiger partial charge on any atom is 0.321 e. The number of nitrogens with zero attached hydrogens (tertiary/aromatic N) is 1. The van der Waals surface area contributed by atoms with E-state index in [9.17, 15) is 9.59 Å². The molecule has 2 rings (SSSR count). The molecule has 0 aliphatic carbocycles. The molecule has 3 amide bonds. The van der Waals surface area contributed by atoms with Crippen LogP contribution < -0.4 is 10.6 Å². The van der Waals surface area contributed by atoms with Crippen LogP contribution in [0.15, 0.2) is 22.8 Å². The zero-order valence-electron chi connectivity index (χ0n) is 11.6. The van der Waals surface area contributed by atoms with Gasteiger partial charge in [0.25, 0.3) is 0 Å². The molecule has 0 saturated carbocycles. The molecular formula is C13H19N3O5. The Morgan fingerprint density at radius 2 is 2.33 bits per heavy atom. The van der Waals surface area contributed by atoms with Crippen LogP contribution in [0.25, 0.3) is 0 Å². The van der Waals surface area contributed by atoms with E-state index >= 15 is 0 Å². The summed E-state index contributed by atoms with van der Waals surface area (Å²) in [4.78, 5) is 25.1. The van der Waals surface area contributed by atoms with Gasteiger partial charge in [0, 0.05) is 13.1 Å². The Labute approximate surface area is 122 Å². The quantitative estimate of drug-likeness (QED) is 0.664. The van der Waals surface area contributed by atoms with Gasteiger partial charge in [-0.15, -0.1) is 0 Å². The lowest BCUT2D eigenvalue weighted by Gasteiger charge is -2.31. The Hall–Kier alpha value is -1.90. The predicted octanol–water partition coefficient (Wildman–Crippen LogP) is -0.701. The fraction of sp³-hybridized carbons (Fsp3) is 0.538. The monoisotopic (exact) mass is 297 g/mol. The lowest BCUT2D eigenvalue weighted by atomic mass is 10.3. The Balaban J connectivity index is 1.67. The summed E-state index contributed by atoms with van der Waals surface area (Å²) in [5, 5.41) is 13.8. The third-order valence-corrected chi connectivity index (χ3v) is 3.05. The number of urea groups is 1. The zero-order valence-corrected chi connectivity index (χ0v) is 11.6. The van der Waals surface area contributed by atoms with Crippen molar-refractivity contribution < 1.29 is 23.8 Å². The van der Waals surface area contributed by atoms with Crippen molar-refractivity contribution in [1.29, 1.82) is 0 Å². The smallest absolute Gasteiger partial charge is 0.321 e. The van der Waals surface area contributed by atoms with Crippen LogP contribution in [0, 0.1) is 0 Å². The molecule has 0 aromatic carbocycles. The first kappa shape index (κ1) is 15.5. The van der Waals surface area contributed by atoms with E-state index in [1.54, 1.807) is 12.1 Å². The summed E-state index contributed by atoms with van der Waals surface area (Å²) in [5.41, 5.74) is 0. The van der Waals surface area contributed by atoms with E-state index in [0.29, 0.717) is 25.5 Å². The average molecular weight is 297 g/mol. The molecule has 0 bridgehead atoms. The second-order valence-corrected chi connectivity index (χ2v) is 4.72. The topological polar surface area (TPSA) is 104 Å².